The summed E-state index contributed by atoms with van der Waals surface area (Å²) < 4.78 is 11.5. The van der Waals surface area contributed by atoms with Crippen LogP contribution in [0.1, 0.15) is 11.1 Å². The number of nitrogens with zero attached hydrogens (tertiary/aromatic N) is 1. The van der Waals surface area contributed by atoms with Gasteiger partial charge in [-0.05, 0) is 65.7 Å². The third-order valence-corrected chi connectivity index (χ3v) is 6.18. The molecule has 1 aliphatic rings. The van der Waals surface area contributed by atoms with Gasteiger partial charge in [0.15, 0.2) is 4.32 Å². The molecule has 4 nitrogen and oxygen atoms in total. The van der Waals surface area contributed by atoms with E-state index in [-0.39, 0.29) is 5.91 Å². The molecular weight excluding hydrogens is 450 g/mol. The molecular formula is C24H18ClNO3S2. The maximum Gasteiger partial charge on any atom is 0.270 e. The summed E-state index contributed by atoms with van der Waals surface area (Å²) in [7, 11) is 1.60. The molecule has 7 heteroatoms. The van der Waals surface area contributed by atoms with Crippen molar-refractivity contribution < 1.29 is 14.3 Å². The lowest BCUT2D eigenvalue weighted by Gasteiger charge is -2.14. The summed E-state index contributed by atoms with van der Waals surface area (Å²) in [5, 5.41) is 0.700. The predicted molar refractivity (Wildman–Crippen MR) is 131 cm³/mol. The second-order valence-corrected chi connectivity index (χ2v) is 8.81. The molecule has 1 aliphatic heterocycles. The number of rotatable bonds is 6. The van der Waals surface area contributed by atoms with Crippen molar-refractivity contribution >= 4 is 57.6 Å². The highest BCUT2D eigenvalue weighted by Gasteiger charge is 2.33. The molecule has 4 rings (SSSR count). The van der Waals surface area contributed by atoms with Crippen molar-refractivity contribution in [2.45, 2.75) is 6.61 Å². The quantitative estimate of drug-likeness (QED) is 0.312. The van der Waals surface area contributed by atoms with Crippen LogP contribution in [0.25, 0.3) is 6.08 Å². The van der Waals surface area contributed by atoms with Crippen molar-refractivity contribution in [1.82, 2.24) is 0 Å². The van der Waals surface area contributed by atoms with Crippen molar-refractivity contribution in [3.05, 3.63) is 93.9 Å². The molecule has 0 aliphatic carbocycles. The Morgan fingerprint density at radius 2 is 1.61 bits per heavy atom. The largest absolute Gasteiger partial charge is 0.497 e. The van der Waals surface area contributed by atoms with Gasteiger partial charge < -0.3 is 9.47 Å². The van der Waals surface area contributed by atoms with E-state index in [9.17, 15) is 4.79 Å². The molecule has 0 unspecified atom stereocenters. The first-order chi connectivity index (χ1) is 15.0. The minimum Gasteiger partial charge on any atom is -0.497 e. The Balaban J connectivity index is 1.43. The first-order valence-electron chi connectivity index (χ1n) is 9.43. The zero-order chi connectivity index (χ0) is 21.8. The lowest BCUT2D eigenvalue weighted by atomic mass is 10.2. The SMILES string of the molecule is COc1ccc(N2C(=O)/C(=C\c3ccc(OCc4ccc(Cl)cc4)cc3)SC2=S)cc1. The molecule has 3 aromatic rings. The second kappa shape index (κ2) is 9.56. The van der Waals surface area contributed by atoms with E-state index in [1.54, 1.807) is 19.2 Å². The highest BCUT2D eigenvalue weighted by Crippen LogP contribution is 2.36. The Morgan fingerprint density at radius 1 is 0.968 bits per heavy atom. The normalized spacial score (nSPS) is 14.9. The van der Waals surface area contributed by atoms with Gasteiger partial charge in [0.25, 0.3) is 5.91 Å². The fraction of sp³-hybridized carbons (Fsp3) is 0.0833. The summed E-state index contributed by atoms with van der Waals surface area (Å²) in [6, 6.07) is 22.4. The number of carbonyl (C=O) groups is 1. The van der Waals surface area contributed by atoms with Crippen molar-refractivity contribution in [3.8, 4) is 11.5 Å². The first kappa shape index (κ1) is 21.4. The molecule has 0 aromatic heterocycles. The number of carbonyl (C=O) groups excluding carboxylic acids is 1. The Kier molecular flexibility index (Phi) is 6.61. The molecule has 1 amide bonds. The zero-order valence-corrected chi connectivity index (χ0v) is 19.0. The third kappa shape index (κ3) is 5.10. The van der Waals surface area contributed by atoms with Crippen LogP contribution in [0.3, 0.4) is 0 Å². The maximum absolute atomic E-state index is 12.9. The van der Waals surface area contributed by atoms with E-state index in [2.05, 4.69) is 0 Å². The second-order valence-electron chi connectivity index (χ2n) is 6.70. The molecule has 31 heavy (non-hydrogen) atoms. The number of thiocarbonyl (C=S) groups is 1. The van der Waals surface area contributed by atoms with E-state index in [1.807, 2.05) is 66.7 Å². The van der Waals surface area contributed by atoms with Crippen LogP contribution in [-0.2, 0) is 11.4 Å². The van der Waals surface area contributed by atoms with Gasteiger partial charge in [0.05, 0.1) is 17.7 Å². The van der Waals surface area contributed by atoms with Gasteiger partial charge in [-0.15, -0.1) is 0 Å². The molecule has 156 valence electrons. The van der Waals surface area contributed by atoms with Crippen molar-refractivity contribution in [2.24, 2.45) is 0 Å². The van der Waals surface area contributed by atoms with Crippen molar-refractivity contribution in [2.75, 3.05) is 12.0 Å². The molecule has 0 radical (unpaired) electrons. The van der Waals surface area contributed by atoms with Crippen LogP contribution in [0.15, 0.2) is 77.7 Å². The average molecular weight is 468 g/mol. The Morgan fingerprint density at radius 3 is 2.26 bits per heavy atom. The maximum atomic E-state index is 12.9. The van der Waals surface area contributed by atoms with Gasteiger partial charge in [-0.3, -0.25) is 9.69 Å². The topological polar surface area (TPSA) is 38.8 Å². The lowest BCUT2D eigenvalue weighted by molar-refractivity contribution is -0.113. The van der Waals surface area contributed by atoms with Crippen molar-refractivity contribution in [3.63, 3.8) is 0 Å². The summed E-state index contributed by atoms with van der Waals surface area (Å²) >= 11 is 12.6. The van der Waals surface area contributed by atoms with Crippen molar-refractivity contribution in [1.29, 1.82) is 0 Å². The summed E-state index contributed by atoms with van der Waals surface area (Å²) in [6.45, 7) is 0.455. The van der Waals surface area contributed by atoms with Gasteiger partial charge in [-0.25, -0.2) is 0 Å². The highest BCUT2D eigenvalue weighted by molar-refractivity contribution is 8.27. The van der Waals surface area contributed by atoms with Crippen LogP contribution in [0.4, 0.5) is 5.69 Å². The molecule has 0 spiro atoms. The number of hydrogen-bond acceptors (Lipinski definition) is 5. The minimum absolute atomic E-state index is 0.136. The van der Waals surface area contributed by atoms with Gasteiger partial charge in [0.1, 0.15) is 18.1 Å². The number of methoxy groups -OCH3 is 1. The van der Waals surface area contributed by atoms with Gasteiger partial charge in [-0.2, -0.15) is 0 Å². The van der Waals surface area contributed by atoms with Crippen LogP contribution in [0.5, 0.6) is 11.5 Å². The summed E-state index contributed by atoms with van der Waals surface area (Å²) in [5.41, 5.74) is 2.66. The minimum atomic E-state index is -0.136. The number of amides is 1. The molecule has 0 N–H and O–H groups in total. The Bertz CT molecular complexity index is 1130. The molecule has 1 heterocycles. The monoisotopic (exact) mass is 467 g/mol. The van der Waals surface area contributed by atoms with E-state index in [0.29, 0.717) is 20.9 Å². The number of ether oxygens (including phenoxy) is 2. The number of benzene rings is 3. The van der Waals surface area contributed by atoms with Crippen LogP contribution < -0.4 is 14.4 Å². The van der Waals surface area contributed by atoms with E-state index in [0.717, 1.165) is 28.3 Å². The number of thioether (sulfide) groups is 1. The fourth-order valence-corrected chi connectivity index (χ4v) is 4.41. The third-order valence-electron chi connectivity index (χ3n) is 4.62. The number of halogens is 1. The number of anilines is 1. The van der Waals surface area contributed by atoms with Crippen LogP contribution >= 0.6 is 35.6 Å². The van der Waals surface area contributed by atoms with Gasteiger partial charge in [-0.1, -0.05) is 59.8 Å². The van der Waals surface area contributed by atoms with E-state index in [1.165, 1.54) is 16.7 Å². The molecule has 1 fully saturated rings. The molecule has 0 bridgehead atoms. The van der Waals surface area contributed by atoms with Crippen LogP contribution in [-0.4, -0.2) is 17.3 Å². The van der Waals surface area contributed by atoms with Gasteiger partial charge in [0, 0.05) is 5.02 Å². The summed E-state index contributed by atoms with van der Waals surface area (Å²) in [4.78, 5) is 15.0. The predicted octanol–water partition coefficient (Wildman–Crippen LogP) is 6.33. The molecule has 3 aromatic carbocycles. The highest BCUT2D eigenvalue weighted by atomic mass is 35.5. The molecule has 1 saturated heterocycles. The van der Waals surface area contributed by atoms with Crippen LogP contribution in [0, 0.1) is 0 Å². The van der Waals surface area contributed by atoms with Gasteiger partial charge >= 0.3 is 0 Å². The Hall–Kier alpha value is -2.80. The Labute approximate surface area is 195 Å². The smallest absolute Gasteiger partial charge is 0.270 e. The first-order valence-corrected chi connectivity index (χ1v) is 11.0. The molecule has 0 atom stereocenters. The van der Waals surface area contributed by atoms with E-state index < -0.39 is 0 Å². The van der Waals surface area contributed by atoms with E-state index >= 15 is 0 Å². The number of hydrogen-bond donors (Lipinski definition) is 0. The standard InChI is InChI=1S/C24H18ClNO3S2/c1-28-20-12-8-19(9-13-20)26-23(27)22(31-24(26)30)14-16-4-10-21(11-5-16)29-15-17-2-6-18(25)7-3-17/h2-14H,15H2,1H3/b22-14+. The van der Waals surface area contributed by atoms with Crippen LogP contribution in [0.2, 0.25) is 5.02 Å². The van der Waals surface area contributed by atoms with E-state index in [4.69, 9.17) is 33.3 Å². The summed E-state index contributed by atoms with van der Waals surface area (Å²) in [6.07, 6.45) is 1.84. The molecule has 0 saturated carbocycles. The average Bonchev–Trinajstić information content (AvgIpc) is 3.07. The van der Waals surface area contributed by atoms with Gasteiger partial charge in [0.2, 0.25) is 0 Å². The summed E-state index contributed by atoms with van der Waals surface area (Å²) in [5.74, 6) is 1.34. The fourth-order valence-electron chi connectivity index (χ4n) is 2.98. The lowest BCUT2D eigenvalue weighted by Crippen LogP contribution is -2.27. The zero-order valence-electron chi connectivity index (χ0n) is 16.6.